The van der Waals surface area contributed by atoms with Gasteiger partial charge in [-0.15, -0.1) is 10.2 Å². The highest BCUT2D eigenvalue weighted by atomic mass is 32.2. The van der Waals surface area contributed by atoms with Gasteiger partial charge in [0.1, 0.15) is 5.76 Å². The Bertz CT molecular complexity index is 1740. The minimum absolute atomic E-state index is 0.247. The summed E-state index contributed by atoms with van der Waals surface area (Å²) in [4.78, 5) is 31.4. The van der Waals surface area contributed by atoms with Crippen LogP contribution in [0.1, 0.15) is 41.8 Å². The van der Waals surface area contributed by atoms with Crippen molar-refractivity contribution >= 4 is 29.3 Å². The third-order valence-electron chi connectivity index (χ3n) is 6.61. The molecule has 0 unspecified atom stereocenters. The summed E-state index contributed by atoms with van der Waals surface area (Å²) in [5, 5.41) is 9.28. The molecule has 3 heterocycles. The number of ether oxygens (including phenoxy) is 2. The molecule has 2 aromatic heterocycles. The van der Waals surface area contributed by atoms with Crippen molar-refractivity contribution < 1.29 is 23.5 Å². The van der Waals surface area contributed by atoms with Crippen LogP contribution in [0, 0.1) is 0 Å². The first-order valence-electron chi connectivity index (χ1n) is 13.4. The van der Waals surface area contributed by atoms with Crippen molar-refractivity contribution in [3.8, 4) is 28.5 Å². The normalized spacial score (nSPS) is 13.9. The first-order chi connectivity index (χ1) is 20.5. The molecule has 0 radical (unpaired) electrons. The molecule has 5 aromatic rings. The molecule has 1 atom stereocenters. The van der Waals surface area contributed by atoms with Gasteiger partial charge in [0, 0.05) is 23.8 Å². The van der Waals surface area contributed by atoms with Crippen LogP contribution in [-0.2, 0) is 15.3 Å². The fourth-order valence-corrected chi connectivity index (χ4v) is 5.38. The number of fused-ring (bicyclic) bond motifs is 3. The average Bonchev–Trinajstić information content (AvgIpc) is 3.45. The van der Waals surface area contributed by atoms with Crippen LogP contribution in [0.15, 0.2) is 101 Å². The molecule has 1 aliphatic heterocycles. The number of rotatable bonds is 7. The number of esters is 1. The molecule has 1 aliphatic rings. The maximum Gasteiger partial charge on any atom is 0.338 e. The number of aromatic nitrogens is 3. The monoisotopic (exact) mass is 578 g/mol. The van der Waals surface area contributed by atoms with Crippen molar-refractivity contribution in [2.24, 2.45) is 0 Å². The molecule has 3 aromatic carbocycles. The van der Waals surface area contributed by atoms with Crippen LogP contribution in [0.2, 0.25) is 0 Å². The van der Waals surface area contributed by atoms with Gasteiger partial charge in [0.05, 0.1) is 17.9 Å². The first kappa shape index (κ1) is 27.2. The molecule has 210 valence electrons. The van der Waals surface area contributed by atoms with E-state index in [0.717, 1.165) is 11.1 Å². The average molecular weight is 579 g/mol. The Labute approximate surface area is 246 Å². The van der Waals surface area contributed by atoms with Gasteiger partial charge in [-0.25, -0.2) is 4.79 Å². The Morgan fingerprint density at radius 1 is 0.929 bits per heavy atom. The summed E-state index contributed by atoms with van der Waals surface area (Å²) in [6.07, 6.45) is -0.957. The van der Waals surface area contributed by atoms with Crippen LogP contribution >= 0.6 is 11.8 Å². The number of hydrogen-bond donors (Lipinski definition) is 0. The number of para-hydroxylation sites is 1. The number of thioether (sulfide) groups is 1. The molecule has 0 spiro atoms. The highest BCUT2D eigenvalue weighted by Crippen LogP contribution is 2.44. The number of hydrogen-bond acceptors (Lipinski definition) is 9. The zero-order valence-electron chi connectivity index (χ0n) is 22.9. The quantitative estimate of drug-likeness (QED) is 0.154. The molecular weight excluding hydrogens is 552 g/mol. The molecule has 0 saturated heterocycles. The van der Waals surface area contributed by atoms with Crippen molar-refractivity contribution in [2.45, 2.75) is 31.0 Å². The third-order valence-corrected chi connectivity index (χ3v) is 7.52. The van der Waals surface area contributed by atoms with Crippen molar-refractivity contribution in [3.05, 3.63) is 108 Å². The van der Waals surface area contributed by atoms with Crippen molar-refractivity contribution in [1.29, 1.82) is 0 Å². The van der Waals surface area contributed by atoms with Gasteiger partial charge in [-0.2, -0.15) is 4.98 Å². The fourth-order valence-electron chi connectivity index (χ4n) is 4.65. The van der Waals surface area contributed by atoms with Crippen LogP contribution in [0.4, 0.5) is 5.69 Å². The number of nitrogens with zero attached hydrogens (tertiary/aromatic N) is 4. The van der Waals surface area contributed by atoms with Gasteiger partial charge >= 0.3 is 5.97 Å². The van der Waals surface area contributed by atoms with E-state index in [2.05, 4.69) is 10.2 Å². The molecule has 9 nitrogen and oxygen atoms in total. The lowest BCUT2D eigenvalue weighted by Crippen LogP contribution is -2.35. The van der Waals surface area contributed by atoms with Crippen LogP contribution in [0.5, 0.6) is 5.88 Å². The lowest BCUT2D eigenvalue weighted by molar-refractivity contribution is -0.118. The van der Waals surface area contributed by atoms with E-state index in [1.54, 1.807) is 43.3 Å². The Morgan fingerprint density at radius 3 is 2.45 bits per heavy atom. The number of anilines is 1. The first-order valence-corrected chi connectivity index (χ1v) is 14.3. The maximum absolute atomic E-state index is 13.1. The van der Waals surface area contributed by atoms with Gasteiger partial charge < -0.3 is 13.9 Å². The Kier molecular flexibility index (Phi) is 7.70. The predicted molar refractivity (Wildman–Crippen MR) is 158 cm³/mol. The summed E-state index contributed by atoms with van der Waals surface area (Å²) in [6.45, 7) is 3.54. The molecule has 0 fully saturated rings. The standard InChI is InChI=1S/C32H26N4O5S/c1-3-39-31(38)23-15-13-22(14-16-23)26-17-18-27(40-26)30-36(20(2)37)25-12-8-7-11-24(25)28-29(41-30)33-32(35-34-28)42-19-21-9-5-4-6-10-21/h4-18,30H,3,19H2,1-2H3/t30-/m0/s1. The number of carbonyl (C=O) groups is 2. The second kappa shape index (κ2) is 11.9. The molecule has 42 heavy (non-hydrogen) atoms. The Hall–Kier alpha value is -4.96. The Balaban J connectivity index is 1.35. The summed E-state index contributed by atoms with van der Waals surface area (Å²) in [5.41, 5.74) is 4.04. The van der Waals surface area contributed by atoms with E-state index in [-0.39, 0.29) is 17.8 Å². The molecule has 0 aliphatic carbocycles. The van der Waals surface area contributed by atoms with Gasteiger partial charge in [-0.05, 0) is 42.8 Å². The zero-order chi connectivity index (χ0) is 29.1. The third kappa shape index (κ3) is 5.48. The fraction of sp³-hybridized carbons (Fsp3) is 0.156. The lowest BCUT2D eigenvalue weighted by atomic mass is 10.1. The Morgan fingerprint density at radius 2 is 1.69 bits per heavy atom. The summed E-state index contributed by atoms with van der Waals surface area (Å²) in [5.74, 6) is 1.22. The maximum atomic E-state index is 13.1. The molecular formula is C32H26N4O5S. The van der Waals surface area contributed by atoms with Crippen LogP contribution in [-0.4, -0.2) is 33.7 Å². The predicted octanol–water partition coefficient (Wildman–Crippen LogP) is 6.71. The largest absolute Gasteiger partial charge is 0.462 e. The molecule has 0 bridgehead atoms. The van der Waals surface area contributed by atoms with Crippen LogP contribution < -0.4 is 9.64 Å². The van der Waals surface area contributed by atoms with E-state index >= 15 is 0 Å². The van der Waals surface area contributed by atoms with Crippen molar-refractivity contribution in [3.63, 3.8) is 0 Å². The minimum Gasteiger partial charge on any atom is -0.462 e. The van der Waals surface area contributed by atoms with E-state index in [9.17, 15) is 9.59 Å². The van der Waals surface area contributed by atoms with Gasteiger partial charge in [-0.1, -0.05) is 72.4 Å². The molecule has 0 saturated carbocycles. The lowest BCUT2D eigenvalue weighted by Gasteiger charge is -2.28. The van der Waals surface area contributed by atoms with E-state index in [1.165, 1.54) is 23.6 Å². The highest BCUT2D eigenvalue weighted by Gasteiger charge is 2.36. The summed E-state index contributed by atoms with van der Waals surface area (Å²) in [7, 11) is 0. The van der Waals surface area contributed by atoms with Gasteiger partial charge in [-0.3, -0.25) is 9.69 Å². The number of amides is 1. The topological polar surface area (TPSA) is 108 Å². The minimum atomic E-state index is -0.957. The summed E-state index contributed by atoms with van der Waals surface area (Å²) < 4.78 is 17.8. The zero-order valence-corrected chi connectivity index (χ0v) is 23.7. The van der Waals surface area contributed by atoms with Crippen LogP contribution in [0.3, 0.4) is 0 Å². The van der Waals surface area contributed by atoms with Crippen molar-refractivity contribution in [1.82, 2.24) is 15.2 Å². The molecule has 6 rings (SSSR count). The second-order valence-corrected chi connectivity index (χ2v) is 10.3. The van der Waals surface area contributed by atoms with Gasteiger partial charge in [0.15, 0.2) is 11.5 Å². The van der Waals surface area contributed by atoms with E-state index in [1.807, 2.05) is 54.6 Å². The van der Waals surface area contributed by atoms with Gasteiger partial charge in [0.2, 0.25) is 23.2 Å². The number of carbonyl (C=O) groups excluding carboxylic acids is 2. The van der Waals surface area contributed by atoms with E-state index < -0.39 is 6.23 Å². The number of benzene rings is 3. The van der Waals surface area contributed by atoms with Gasteiger partial charge in [0.25, 0.3) is 0 Å². The molecule has 1 amide bonds. The summed E-state index contributed by atoms with van der Waals surface area (Å²) in [6, 6.07) is 27.9. The summed E-state index contributed by atoms with van der Waals surface area (Å²) >= 11 is 1.44. The molecule has 10 heteroatoms. The van der Waals surface area contributed by atoms with Crippen LogP contribution in [0.25, 0.3) is 22.6 Å². The molecule has 0 N–H and O–H groups in total. The smallest absolute Gasteiger partial charge is 0.338 e. The van der Waals surface area contributed by atoms with E-state index in [4.69, 9.17) is 18.9 Å². The highest BCUT2D eigenvalue weighted by molar-refractivity contribution is 7.98. The number of furan rings is 1. The second-order valence-electron chi connectivity index (χ2n) is 9.40. The van der Waals surface area contributed by atoms with Crippen molar-refractivity contribution in [2.75, 3.05) is 11.5 Å². The SMILES string of the molecule is CCOC(=O)c1ccc(-c2ccc([C@@H]3Oc4nc(SCc5ccccc5)nnc4-c4ccccc4N3C(C)=O)o2)cc1. The van der Waals surface area contributed by atoms with E-state index in [0.29, 0.717) is 51.5 Å².